The summed E-state index contributed by atoms with van der Waals surface area (Å²) in [5, 5.41) is 6.65. The fourth-order valence-electron chi connectivity index (χ4n) is 3.28. The number of benzene rings is 1. The topological polar surface area (TPSA) is 80.9 Å². The molecule has 2 aromatic heterocycles. The van der Waals surface area contributed by atoms with Crippen LogP contribution in [0.15, 0.2) is 41.1 Å². The highest BCUT2D eigenvalue weighted by Gasteiger charge is 2.26. The lowest BCUT2D eigenvalue weighted by Crippen LogP contribution is -2.27. The summed E-state index contributed by atoms with van der Waals surface area (Å²) in [5.74, 6) is -0.710. The molecule has 27 heavy (non-hydrogen) atoms. The monoisotopic (exact) mass is 370 g/mol. The van der Waals surface area contributed by atoms with Crippen LogP contribution in [0, 0.1) is 6.92 Å². The van der Waals surface area contributed by atoms with E-state index in [0.717, 1.165) is 29.7 Å². The van der Waals surface area contributed by atoms with Crippen LogP contribution in [0.25, 0.3) is 11.4 Å². The lowest BCUT2D eigenvalue weighted by molar-refractivity contribution is 0.0936. The minimum absolute atomic E-state index is 0.100. The maximum atomic E-state index is 12.6. The van der Waals surface area contributed by atoms with Gasteiger partial charge in [-0.15, -0.1) is 0 Å². The van der Waals surface area contributed by atoms with Gasteiger partial charge < -0.3 is 9.84 Å². The maximum absolute atomic E-state index is 12.6. The van der Waals surface area contributed by atoms with Crippen molar-refractivity contribution in [3.63, 3.8) is 0 Å². The van der Waals surface area contributed by atoms with Crippen LogP contribution in [0.4, 0.5) is 8.78 Å². The van der Waals surface area contributed by atoms with E-state index in [2.05, 4.69) is 25.0 Å². The van der Waals surface area contributed by atoms with E-state index in [0.29, 0.717) is 11.1 Å². The first kappa shape index (κ1) is 17.3. The number of aromatic nitrogens is 3. The van der Waals surface area contributed by atoms with Crippen molar-refractivity contribution in [2.45, 2.75) is 32.2 Å². The molecule has 1 amide bonds. The summed E-state index contributed by atoms with van der Waals surface area (Å²) >= 11 is 0. The van der Waals surface area contributed by atoms with Gasteiger partial charge in [-0.2, -0.15) is 13.8 Å². The van der Waals surface area contributed by atoms with Crippen LogP contribution in [-0.2, 0) is 6.42 Å². The second-order valence-corrected chi connectivity index (χ2v) is 6.42. The van der Waals surface area contributed by atoms with E-state index < -0.39 is 12.3 Å². The summed E-state index contributed by atoms with van der Waals surface area (Å²) in [6, 6.07) is 8.80. The lowest BCUT2D eigenvalue weighted by atomic mass is 10.0. The normalized spacial score (nSPS) is 15.8. The van der Waals surface area contributed by atoms with E-state index >= 15 is 0 Å². The first-order valence-corrected chi connectivity index (χ1v) is 8.50. The second-order valence-electron chi connectivity index (χ2n) is 6.42. The van der Waals surface area contributed by atoms with Gasteiger partial charge in [-0.1, -0.05) is 17.3 Å². The fraction of sp³-hybridized carbons (Fsp3) is 0.263. The van der Waals surface area contributed by atoms with E-state index in [-0.39, 0.29) is 17.8 Å². The van der Waals surface area contributed by atoms with Gasteiger partial charge in [0, 0.05) is 23.0 Å². The summed E-state index contributed by atoms with van der Waals surface area (Å²) in [5.41, 5.74) is 4.00. The Morgan fingerprint density at radius 3 is 2.89 bits per heavy atom. The number of pyridine rings is 1. The second kappa shape index (κ2) is 6.86. The van der Waals surface area contributed by atoms with Gasteiger partial charge in [0.2, 0.25) is 5.82 Å². The number of hydrogen-bond acceptors (Lipinski definition) is 5. The fourth-order valence-corrected chi connectivity index (χ4v) is 3.28. The number of carbonyl (C=O) groups excluding carboxylic acids is 1. The SMILES string of the molecule is Cc1cc(C(=O)N[C@@H]2CCc3cc(-c4noc(C(F)F)n4)ccc32)ccn1. The number of alkyl halides is 2. The maximum Gasteiger partial charge on any atom is 0.315 e. The highest BCUT2D eigenvalue weighted by Crippen LogP contribution is 2.34. The van der Waals surface area contributed by atoms with Gasteiger partial charge in [0.1, 0.15) is 0 Å². The highest BCUT2D eigenvalue weighted by molar-refractivity contribution is 5.94. The molecule has 4 rings (SSSR count). The molecule has 0 saturated heterocycles. The number of nitrogens with one attached hydrogen (secondary N) is 1. The Labute approximate surface area is 153 Å². The molecule has 0 radical (unpaired) electrons. The molecule has 0 aliphatic heterocycles. The average Bonchev–Trinajstić information content (AvgIpc) is 3.29. The van der Waals surface area contributed by atoms with E-state index in [9.17, 15) is 13.6 Å². The van der Waals surface area contributed by atoms with Gasteiger partial charge in [-0.25, -0.2) is 0 Å². The molecule has 0 spiro atoms. The van der Waals surface area contributed by atoms with E-state index in [4.69, 9.17) is 0 Å². The Morgan fingerprint density at radius 1 is 1.30 bits per heavy atom. The van der Waals surface area contributed by atoms with Crippen molar-refractivity contribution < 1.29 is 18.1 Å². The summed E-state index contributed by atoms with van der Waals surface area (Å²) in [7, 11) is 0. The van der Waals surface area contributed by atoms with Gasteiger partial charge in [0.25, 0.3) is 11.8 Å². The highest BCUT2D eigenvalue weighted by atomic mass is 19.3. The van der Waals surface area contributed by atoms with Crippen molar-refractivity contribution in [2.75, 3.05) is 0 Å². The Hall–Kier alpha value is -3.16. The predicted molar refractivity (Wildman–Crippen MR) is 92.2 cm³/mol. The van der Waals surface area contributed by atoms with Crippen molar-refractivity contribution >= 4 is 5.91 Å². The van der Waals surface area contributed by atoms with Gasteiger partial charge in [-0.05, 0) is 49.1 Å². The Kier molecular flexibility index (Phi) is 4.39. The Morgan fingerprint density at radius 2 is 2.15 bits per heavy atom. The molecule has 138 valence electrons. The van der Waals surface area contributed by atoms with Gasteiger partial charge in [0.15, 0.2) is 0 Å². The summed E-state index contributed by atoms with van der Waals surface area (Å²) in [4.78, 5) is 20.3. The van der Waals surface area contributed by atoms with Crippen LogP contribution in [0.1, 0.15) is 52.0 Å². The summed E-state index contributed by atoms with van der Waals surface area (Å²) < 4.78 is 29.8. The van der Waals surface area contributed by atoms with Crippen LogP contribution in [-0.4, -0.2) is 21.0 Å². The Balaban J connectivity index is 1.53. The molecule has 1 aliphatic rings. The van der Waals surface area contributed by atoms with Gasteiger partial charge in [-0.3, -0.25) is 9.78 Å². The van der Waals surface area contributed by atoms with Crippen molar-refractivity contribution in [2.24, 2.45) is 0 Å². The standard InChI is InChI=1S/C19H16F2N4O2/c1-10-8-13(6-7-22-10)18(26)23-15-5-3-11-9-12(2-4-14(11)15)17-24-19(16(20)21)27-25-17/h2,4,6-9,15-16H,3,5H2,1H3,(H,23,26)/t15-/m1/s1. The van der Waals surface area contributed by atoms with Crippen LogP contribution < -0.4 is 5.32 Å². The molecule has 2 heterocycles. The number of rotatable bonds is 4. The van der Waals surface area contributed by atoms with Gasteiger partial charge in [0.05, 0.1) is 6.04 Å². The molecule has 3 aromatic rings. The van der Waals surface area contributed by atoms with Crippen molar-refractivity contribution in [1.82, 2.24) is 20.4 Å². The number of halogens is 2. The largest absolute Gasteiger partial charge is 0.345 e. The van der Waals surface area contributed by atoms with Crippen LogP contribution >= 0.6 is 0 Å². The third-order valence-corrected chi connectivity index (χ3v) is 4.57. The lowest BCUT2D eigenvalue weighted by Gasteiger charge is -2.14. The minimum atomic E-state index is -2.79. The number of nitrogens with zero attached hydrogens (tertiary/aromatic N) is 3. The van der Waals surface area contributed by atoms with E-state index in [1.54, 1.807) is 24.4 Å². The van der Waals surface area contributed by atoms with Crippen LogP contribution in [0.3, 0.4) is 0 Å². The Bertz CT molecular complexity index is 1000. The molecule has 8 heteroatoms. The molecule has 1 atom stereocenters. The van der Waals surface area contributed by atoms with E-state index in [1.807, 2.05) is 19.1 Å². The van der Waals surface area contributed by atoms with Crippen molar-refractivity contribution in [1.29, 1.82) is 0 Å². The van der Waals surface area contributed by atoms with Gasteiger partial charge >= 0.3 is 6.43 Å². The minimum Gasteiger partial charge on any atom is -0.345 e. The molecule has 1 aromatic carbocycles. The molecular weight excluding hydrogens is 354 g/mol. The van der Waals surface area contributed by atoms with Crippen molar-refractivity contribution in [3.05, 3.63) is 64.8 Å². The quantitative estimate of drug-likeness (QED) is 0.756. The first-order valence-electron chi connectivity index (χ1n) is 8.50. The molecule has 0 saturated carbocycles. The summed E-state index contributed by atoms with van der Waals surface area (Å²) in [6.45, 7) is 1.83. The average molecular weight is 370 g/mol. The number of fused-ring (bicyclic) bond motifs is 1. The predicted octanol–water partition coefficient (Wildman–Crippen LogP) is 3.79. The number of carbonyl (C=O) groups is 1. The van der Waals surface area contributed by atoms with Crippen molar-refractivity contribution in [3.8, 4) is 11.4 Å². The number of amides is 1. The third kappa shape index (κ3) is 3.42. The molecule has 6 nitrogen and oxygen atoms in total. The number of hydrogen-bond donors (Lipinski definition) is 1. The molecule has 0 unspecified atom stereocenters. The third-order valence-electron chi connectivity index (χ3n) is 4.57. The molecule has 1 N–H and O–H groups in total. The molecule has 0 fully saturated rings. The molecule has 0 bridgehead atoms. The van der Waals surface area contributed by atoms with E-state index in [1.165, 1.54) is 0 Å². The number of aryl methyl sites for hydroxylation is 2. The first-order chi connectivity index (χ1) is 13.0. The zero-order valence-electron chi connectivity index (χ0n) is 14.4. The van der Waals surface area contributed by atoms with Crippen LogP contribution in [0.5, 0.6) is 0 Å². The summed E-state index contributed by atoms with van der Waals surface area (Å²) in [6.07, 6.45) is 0.348. The zero-order chi connectivity index (χ0) is 19.0. The zero-order valence-corrected chi connectivity index (χ0v) is 14.4. The molecular formula is C19H16F2N4O2. The van der Waals surface area contributed by atoms with Crippen LogP contribution in [0.2, 0.25) is 0 Å². The molecule has 1 aliphatic carbocycles. The smallest absolute Gasteiger partial charge is 0.315 e.